The van der Waals surface area contributed by atoms with E-state index in [2.05, 4.69) is 0 Å². The first-order valence-corrected chi connectivity index (χ1v) is 8.51. The third-order valence-corrected chi connectivity index (χ3v) is 5.52. The summed E-state index contributed by atoms with van der Waals surface area (Å²) in [6, 6.07) is 0. The molecule has 0 bridgehead atoms. The summed E-state index contributed by atoms with van der Waals surface area (Å²) < 4.78 is 29.7. The van der Waals surface area contributed by atoms with Crippen LogP contribution in [-0.2, 0) is 19.4 Å². The predicted octanol–water partition coefficient (Wildman–Crippen LogP) is 1.26. The van der Waals surface area contributed by atoms with Crippen molar-refractivity contribution in [1.29, 1.82) is 0 Å². The normalized spacial score (nSPS) is 25.1. The number of carbonyl (C=O) groups excluding carboxylic acids is 1. The van der Waals surface area contributed by atoms with Gasteiger partial charge in [-0.1, -0.05) is 12.8 Å². The number of sulfone groups is 1. The van der Waals surface area contributed by atoms with Crippen molar-refractivity contribution in [3.63, 3.8) is 0 Å². The number of esters is 1. The van der Waals surface area contributed by atoms with Gasteiger partial charge in [-0.3, -0.25) is 4.79 Å². The lowest BCUT2D eigenvalue weighted by Gasteiger charge is -2.30. The van der Waals surface area contributed by atoms with Crippen molar-refractivity contribution in [1.82, 2.24) is 0 Å². The van der Waals surface area contributed by atoms with Gasteiger partial charge in [0.25, 0.3) is 0 Å². The predicted molar refractivity (Wildman–Crippen MR) is 74.4 cm³/mol. The largest absolute Gasteiger partial charge is 0.459 e. The van der Waals surface area contributed by atoms with Gasteiger partial charge in [0.05, 0.1) is 5.25 Å². The third kappa shape index (κ3) is 5.10. The average Bonchev–Trinajstić information content (AvgIpc) is 2.25. The molecule has 112 valence electrons. The Morgan fingerprint density at radius 3 is 2.37 bits per heavy atom. The van der Waals surface area contributed by atoms with Crippen LogP contribution in [0.15, 0.2) is 0 Å². The van der Waals surface area contributed by atoms with Crippen LogP contribution in [0, 0.1) is 5.92 Å². The molecule has 1 aliphatic carbocycles. The van der Waals surface area contributed by atoms with E-state index in [4.69, 9.17) is 10.5 Å². The number of carbonyl (C=O) groups is 1. The van der Waals surface area contributed by atoms with E-state index in [1.165, 1.54) is 0 Å². The lowest BCUT2D eigenvalue weighted by Crippen LogP contribution is -2.40. The van der Waals surface area contributed by atoms with E-state index >= 15 is 0 Å². The van der Waals surface area contributed by atoms with Gasteiger partial charge >= 0.3 is 5.97 Å². The Morgan fingerprint density at radius 1 is 1.26 bits per heavy atom. The van der Waals surface area contributed by atoms with E-state index in [9.17, 15) is 13.2 Å². The maximum atomic E-state index is 12.3. The van der Waals surface area contributed by atoms with Crippen molar-refractivity contribution in [2.24, 2.45) is 11.7 Å². The molecule has 0 aromatic carbocycles. The van der Waals surface area contributed by atoms with Crippen molar-refractivity contribution in [2.45, 2.75) is 57.3 Å². The van der Waals surface area contributed by atoms with Gasteiger partial charge in [0.2, 0.25) is 0 Å². The molecule has 0 aromatic heterocycles. The second-order valence-electron chi connectivity index (χ2n) is 6.21. The smallest absolute Gasteiger partial charge is 0.321 e. The molecule has 6 heteroatoms. The molecule has 0 saturated heterocycles. The van der Waals surface area contributed by atoms with Gasteiger partial charge in [-0.15, -0.1) is 0 Å². The minimum absolute atomic E-state index is 0.0267. The van der Waals surface area contributed by atoms with Crippen molar-refractivity contribution >= 4 is 15.8 Å². The molecule has 2 unspecified atom stereocenters. The van der Waals surface area contributed by atoms with Crippen LogP contribution in [0.5, 0.6) is 0 Å². The second kappa shape index (κ2) is 6.22. The summed E-state index contributed by atoms with van der Waals surface area (Å²) in [6.07, 6.45) is 3.33. The van der Waals surface area contributed by atoms with E-state index in [-0.39, 0.29) is 5.92 Å². The van der Waals surface area contributed by atoms with E-state index < -0.39 is 32.4 Å². The Bertz CT molecular complexity index is 411. The molecule has 2 atom stereocenters. The van der Waals surface area contributed by atoms with Crippen molar-refractivity contribution < 1.29 is 17.9 Å². The maximum Gasteiger partial charge on any atom is 0.321 e. The van der Waals surface area contributed by atoms with Crippen LogP contribution in [0.2, 0.25) is 0 Å². The highest BCUT2D eigenvalue weighted by atomic mass is 32.2. The number of hydrogen-bond acceptors (Lipinski definition) is 5. The van der Waals surface area contributed by atoms with Gasteiger partial charge in [-0.05, 0) is 46.1 Å². The molecule has 0 aliphatic heterocycles. The van der Waals surface area contributed by atoms with Gasteiger partial charge in [0.15, 0.2) is 9.84 Å². The quantitative estimate of drug-likeness (QED) is 0.788. The van der Waals surface area contributed by atoms with Gasteiger partial charge in [0.1, 0.15) is 11.4 Å². The molecular formula is C13H25NO4S. The van der Waals surface area contributed by atoms with Crippen LogP contribution in [0.4, 0.5) is 0 Å². The van der Waals surface area contributed by atoms with E-state index in [0.717, 1.165) is 19.3 Å². The highest BCUT2D eigenvalue weighted by Crippen LogP contribution is 2.29. The van der Waals surface area contributed by atoms with Crippen molar-refractivity contribution in [3.05, 3.63) is 0 Å². The van der Waals surface area contributed by atoms with Crippen molar-refractivity contribution in [3.8, 4) is 0 Å². The van der Waals surface area contributed by atoms with Gasteiger partial charge in [-0.2, -0.15) is 0 Å². The van der Waals surface area contributed by atoms with Gasteiger partial charge < -0.3 is 10.5 Å². The Hall–Kier alpha value is -0.620. The van der Waals surface area contributed by atoms with Crippen LogP contribution >= 0.6 is 0 Å². The molecule has 0 amide bonds. The Balaban J connectivity index is 2.72. The Labute approximate surface area is 115 Å². The van der Waals surface area contributed by atoms with Gasteiger partial charge in [-0.25, -0.2) is 8.42 Å². The van der Waals surface area contributed by atoms with Crippen molar-refractivity contribution in [2.75, 3.05) is 12.3 Å². The summed E-state index contributed by atoms with van der Waals surface area (Å²) in [6.45, 7) is 5.53. The molecule has 1 rings (SSSR count). The van der Waals surface area contributed by atoms with Crippen LogP contribution in [0.25, 0.3) is 0 Å². The molecule has 0 heterocycles. The lowest BCUT2D eigenvalue weighted by atomic mass is 9.89. The number of hydrogen-bond donors (Lipinski definition) is 1. The fourth-order valence-corrected chi connectivity index (χ4v) is 4.52. The van der Waals surface area contributed by atoms with E-state index in [1.54, 1.807) is 20.8 Å². The summed E-state index contributed by atoms with van der Waals surface area (Å²) in [5.74, 6) is -1.24. The Kier molecular flexibility index (Phi) is 5.38. The maximum absolute atomic E-state index is 12.3. The highest BCUT2D eigenvalue weighted by Gasteiger charge is 2.36. The summed E-state index contributed by atoms with van der Waals surface area (Å²) in [4.78, 5) is 11.7. The first-order chi connectivity index (χ1) is 8.65. The Morgan fingerprint density at radius 2 is 1.84 bits per heavy atom. The molecule has 0 spiro atoms. The molecule has 1 saturated carbocycles. The molecular weight excluding hydrogens is 266 g/mol. The monoisotopic (exact) mass is 291 g/mol. The second-order valence-corrected chi connectivity index (χ2v) is 8.43. The molecule has 19 heavy (non-hydrogen) atoms. The lowest BCUT2D eigenvalue weighted by molar-refractivity contribution is -0.151. The fraction of sp³-hybridized carbons (Fsp3) is 0.923. The van der Waals surface area contributed by atoms with Crippen LogP contribution < -0.4 is 5.73 Å². The first kappa shape index (κ1) is 16.4. The minimum Gasteiger partial charge on any atom is -0.459 e. The zero-order valence-corrected chi connectivity index (χ0v) is 12.8. The molecule has 1 fully saturated rings. The number of rotatable bonds is 4. The highest BCUT2D eigenvalue weighted by molar-refractivity contribution is 7.92. The first-order valence-electron chi connectivity index (χ1n) is 6.79. The summed E-state index contributed by atoms with van der Waals surface area (Å²) in [5.41, 5.74) is 4.98. The van der Waals surface area contributed by atoms with Gasteiger partial charge in [0, 0.05) is 0 Å². The molecule has 0 radical (unpaired) electrons. The minimum atomic E-state index is -3.47. The number of ether oxygens (including phenoxy) is 1. The number of nitrogens with two attached hydrogens (primary N) is 1. The zero-order chi connectivity index (χ0) is 14.7. The molecule has 2 N–H and O–H groups in total. The van der Waals surface area contributed by atoms with Crippen LogP contribution in [0.1, 0.15) is 46.5 Å². The zero-order valence-electron chi connectivity index (χ0n) is 12.0. The summed E-state index contributed by atoms with van der Waals surface area (Å²) in [7, 11) is -3.47. The third-order valence-electron chi connectivity index (χ3n) is 3.34. The summed E-state index contributed by atoms with van der Waals surface area (Å²) >= 11 is 0. The topological polar surface area (TPSA) is 86.5 Å². The van der Waals surface area contributed by atoms with E-state index in [0.29, 0.717) is 13.0 Å². The SMILES string of the molecule is CC(C)(C)OC(=O)CS(=O)(=O)C1CCCCC1CN. The summed E-state index contributed by atoms with van der Waals surface area (Å²) in [5, 5.41) is -0.487. The van der Waals surface area contributed by atoms with E-state index in [1.807, 2.05) is 0 Å². The van der Waals surface area contributed by atoms with Crippen LogP contribution in [-0.4, -0.2) is 37.5 Å². The molecule has 0 aromatic rings. The average molecular weight is 291 g/mol. The standard InChI is InChI=1S/C13H25NO4S/c1-13(2,3)18-12(15)9-19(16,17)11-7-5-4-6-10(11)8-14/h10-11H,4-9,14H2,1-3H3. The molecule has 1 aliphatic rings. The van der Waals surface area contributed by atoms with Crippen LogP contribution in [0.3, 0.4) is 0 Å². The molecule has 5 nitrogen and oxygen atoms in total. The fourth-order valence-electron chi connectivity index (χ4n) is 2.56.